The van der Waals surface area contributed by atoms with E-state index in [-0.39, 0.29) is 30.5 Å². The van der Waals surface area contributed by atoms with E-state index in [9.17, 15) is 9.59 Å². The van der Waals surface area contributed by atoms with Gasteiger partial charge in [-0.15, -0.1) is 0 Å². The van der Waals surface area contributed by atoms with Gasteiger partial charge in [-0.1, -0.05) is 0 Å². The summed E-state index contributed by atoms with van der Waals surface area (Å²) in [6, 6.07) is 9.22. The summed E-state index contributed by atoms with van der Waals surface area (Å²) >= 11 is 0. The van der Waals surface area contributed by atoms with Gasteiger partial charge in [0.15, 0.2) is 5.76 Å². The maximum absolute atomic E-state index is 12.1. The highest BCUT2D eigenvalue weighted by Gasteiger charge is 2.16. The van der Waals surface area contributed by atoms with Gasteiger partial charge in [0.2, 0.25) is 5.91 Å². The zero-order valence-corrected chi connectivity index (χ0v) is 15.8. The quantitative estimate of drug-likeness (QED) is 0.814. The normalized spacial score (nSPS) is 14.8. The number of amides is 2. The first kappa shape index (κ1) is 19.0. The van der Waals surface area contributed by atoms with Crippen molar-refractivity contribution < 1.29 is 14.0 Å². The van der Waals surface area contributed by atoms with E-state index in [1.165, 1.54) is 12.0 Å². The summed E-state index contributed by atoms with van der Waals surface area (Å²) in [5, 5.41) is 5.55. The standard InChI is InChI=1S/C20H26N4O3/c1-15-14-16(5-6-17(15)24-11-9-23(2)10-12-24)22-19(25)7-8-21-20(26)18-4-3-13-27-18/h3-6,13-14H,7-12H2,1-2H3,(H,21,26)(H,22,25). The van der Waals surface area contributed by atoms with Crippen LogP contribution in [0.3, 0.4) is 0 Å². The van der Waals surface area contributed by atoms with Crippen LogP contribution in [-0.4, -0.2) is 56.5 Å². The van der Waals surface area contributed by atoms with Crippen molar-refractivity contribution in [1.29, 1.82) is 0 Å². The van der Waals surface area contributed by atoms with Crippen LogP contribution >= 0.6 is 0 Å². The van der Waals surface area contributed by atoms with Gasteiger partial charge in [-0.05, 0) is 49.9 Å². The number of benzene rings is 1. The molecule has 0 saturated carbocycles. The van der Waals surface area contributed by atoms with Gasteiger partial charge in [-0.25, -0.2) is 0 Å². The van der Waals surface area contributed by atoms with Crippen molar-refractivity contribution in [2.24, 2.45) is 0 Å². The zero-order valence-electron chi connectivity index (χ0n) is 15.8. The Labute approximate surface area is 159 Å². The molecular weight excluding hydrogens is 344 g/mol. The van der Waals surface area contributed by atoms with Crippen molar-refractivity contribution in [3.05, 3.63) is 47.9 Å². The van der Waals surface area contributed by atoms with Crippen molar-refractivity contribution in [3.8, 4) is 0 Å². The first-order chi connectivity index (χ1) is 13.0. The fourth-order valence-corrected chi connectivity index (χ4v) is 3.14. The Morgan fingerprint density at radius 1 is 1.15 bits per heavy atom. The van der Waals surface area contributed by atoms with Gasteiger partial charge in [0.05, 0.1) is 6.26 Å². The van der Waals surface area contributed by atoms with Crippen LogP contribution in [0.4, 0.5) is 11.4 Å². The van der Waals surface area contributed by atoms with Crippen LogP contribution in [0.25, 0.3) is 0 Å². The number of hydrogen-bond donors (Lipinski definition) is 2. The molecule has 0 bridgehead atoms. The van der Waals surface area contributed by atoms with Crippen LogP contribution in [0, 0.1) is 6.92 Å². The van der Waals surface area contributed by atoms with Crippen molar-refractivity contribution in [2.45, 2.75) is 13.3 Å². The van der Waals surface area contributed by atoms with Gasteiger partial charge in [0.25, 0.3) is 5.91 Å². The van der Waals surface area contributed by atoms with Crippen LogP contribution < -0.4 is 15.5 Å². The molecule has 0 radical (unpaired) electrons. The number of furan rings is 1. The van der Waals surface area contributed by atoms with Gasteiger partial charge in [-0.2, -0.15) is 0 Å². The average molecular weight is 370 g/mol. The zero-order chi connectivity index (χ0) is 19.2. The van der Waals surface area contributed by atoms with E-state index >= 15 is 0 Å². The molecule has 1 aromatic carbocycles. The number of rotatable bonds is 6. The molecule has 1 aliphatic heterocycles. The lowest BCUT2D eigenvalue weighted by molar-refractivity contribution is -0.116. The highest BCUT2D eigenvalue weighted by Crippen LogP contribution is 2.24. The maximum Gasteiger partial charge on any atom is 0.286 e. The molecular formula is C20H26N4O3. The first-order valence-corrected chi connectivity index (χ1v) is 9.18. The summed E-state index contributed by atoms with van der Waals surface area (Å²) in [5.74, 6) is -0.216. The number of nitrogens with one attached hydrogen (secondary N) is 2. The Bertz CT molecular complexity index is 781. The lowest BCUT2D eigenvalue weighted by Gasteiger charge is -2.35. The molecule has 1 saturated heterocycles. The van der Waals surface area contributed by atoms with Crippen LogP contribution in [0.2, 0.25) is 0 Å². The second-order valence-electron chi connectivity index (χ2n) is 6.82. The molecule has 27 heavy (non-hydrogen) atoms. The third-order valence-electron chi connectivity index (χ3n) is 4.71. The van der Waals surface area contributed by atoms with E-state index in [4.69, 9.17) is 4.42 Å². The van der Waals surface area contributed by atoms with Crippen LogP contribution in [0.15, 0.2) is 41.0 Å². The van der Waals surface area contributed by atoms with E-state index in [1.807, 2.05) is 12.1 Å². The summed E-state index contributed by atoms with van der Waals surface area (Å²) in [6.45, 7) is 6.46. The molecule has 0 atom stereocenters. The maximum atomic E-state index is 12.1. The highest BCUT2D eigenvalue weighted by atomic mass is 16.3. The predicted molar refractivity (Wildman–Crippen MR) is 105 cm³/mol. The number of likely N-dealkylation sites (N-methyl/N-ethyl adjacent to an activating group) is 1. The Morgan fingerprint density at radius 2 is 1.93 bits per heavy atom. The molecule has 0 spiro atoms. The average Bonchev–Trinajstić information content (AvgIpc) is 3.17. The predicted octanol–water partition coefficient (Wildman–Crippen LogP) is 2.10. The molecule has 0 unspecified atom stereocenters. The third kappa shape index (κ3) is 5.10. The van der Waals surface area contributed by atoms with E-state index in [1.54, 1.807) is 12.1 Å². The lowest BCUT2D eigenvalue weighted by Crippen LogP contribution is -2.44. The van der Waals surface area contributed by atoms with Crippen molar-refractivity contribution in [2.75, 3.05) is 50.0 Å². The Balaban J connectivity index is 1.48. The van der Waals surface area contributed by atoms with Crippen LogP contribution in [0.1, 0.15) is 22.5 Å². The van der Waals surface area contributed by atoms with Gasteiger partial charge >= 0.3 is 0 Å². The second kappa shape index (κ2) is 8.73. The summed E-state index contributed by atoms with van der Waals surface area (Å²) in [4.78, 5) is 28.6. The van der Waals surface area contributed by atoms with Gasteiger partial charge in [0, 0.05) is 50.5 Å². The Morgan fingerprint density at radius 3 is 2.59 bits per heavy atom. The van der Waals surface area contributed by atoms with Crippen LogP contribution in [0.5, 0.6) is 0 Å². The molecule has 7 heteroatoms. The lowest BCUT2D eigenvalue weighted by atomic mass is 10.1. The highest BCUT2D eigenvalue weighted by molar-refractivity contribution is 5.93. The van der Waals surface area contributed by atoms with Crippen molar-refractivity contribution in [3.63, 3.8) is 0 Å². The first-order valence-electron chi connectivity index (χ1n) is 9.18. The minimum atomic E-state index is -0.319. The van der Waals surface area contributed by atoms with E-state index in [2.05, 4.69) is 40.5 Å². The molecule has 2 amide bonds. The molecule has 144 valence electrons. The Kier molecular flexibility index (Phi) is 6.13. The van der Waals surface area contributed by atoms with Crippen LogP contribution in [-0.2, 0) is 4.79 Å². The summed E-state index contributed by atoms with van der Waals surface area (Å²) in [7, 11) is 2.14. The number of hydrogen-bond acceptors (Lipinski definition) is 5. The Hall–Kier alpha value is -2.80. The molecule has 0 aliphatic carbocycles. The van der Waals surface area contributed by atoms with E-state index < -0.39 is 0 Å². The number of nitrogens with zero attached hydrogens (tertiary/aromatic N) is 2. The molecule has 1 aliphatic rings. The van der Waals surface area contributed by atoms with E-state index in [0.717, 1.165) is 37.4 Å². The molecule has 2 heterocycles. The molecule has 7 nitrogen and oxygen atoms in total. The number of carbonyl (C=O) groups excluding carboxylic acids is 2. The molecule has 3 rings (SSSR count). The topological polar surface area (TPSA) is 77.8 Å². The largest absolute Gasteiger partial charge is 0.459 e. The summed E-state index contributed by atoms with van der Waals surface area (Å²) in [6.07, 6.45) is 1.64. The molecule has 2 aromatic rings. The fourth-order valence-electron chi connectivity index (χ4n) is 3.14. The molecule has 1 aromatic heterocycles. The third-order valence-corrected chi connectivity index (χ3v) is 4.71. The van der Waals surface area contributed by atoms with Crippen molar-refractivity contribution >= 4 is 23.2 Å². The minimum Gasteiger partial charge on any atom is -0.459 e. The van der Waals surface area contributed by atoms with Gasteiger partial charge < -0.3 is 24.9 Å². The summed E-state index contributed by atoms with van der Waals surface area (Å²) in [5.41, 5.74) is 3.13. The second-order valence-corrected chi connectivity index (χ2v) is 6.82. The number of aryl methyl sites for hydroxylation is 1. The monoisotopic (exact) mass is 370 g/mol. The minimum absolute atomic E-state index is 0.138. The number of piperazine rings is 1. The van der Waals surface area contributed by atoms with E-state index in [0.29, 0.717) is 0 Å². The van der Waals surface area contributed by atoms with Gasteiger partial charge in [-0.3, -0.25) is 9.59 Å². The van der Waals surface area contributed by atoms with Crippen molar-refractivity contribution in [1.82, 2.24) is 10.2 Å². The molecule has 1 fully saturated rings. The van der Waals surface area contributed by atoms with Gasteiger partial charge in [0.1, 0.15) is 0 Å². The smallest absolute Gasteiger partial charge is 0.286 e. The SMILES string of the molecule is Cc1cc(NC(=O)CCNC(=O)c2ccco2)ccc1N1CCN(C)CC1. The molecule has 2 N–H and O–H groups in total. The fraction of sp³-hybridized carbons (Fsp3) is 0.400. The number of anilines is 2. The number of carbonyl (C=O) groups is 2. The summed E-state index contributed by atoms with van der Waals surface area (Å²) < 4.78 is 5.01.